The van der Waals surface area contributed by atoms with Crippen LogP contribution in [-0.2, 0) is 6.54 Å². The van der Waals surface area contributed by atoms with Gasteiger partial charge in [-0.1, -0.05) is 37.6 Å². The molecule has 1 aromatic rings. The Morgan fingerprint density at radius 1 is 1.31 bits per heavy atom. The van der Waals surface area contributed by atoms with E-state index in [4.69, 9.17) is 5.73 Å². The Hall–Kier alpha value is -1.15. The minimum absolute atomic E-state index is 0.113. The molecule has 2 nitrogen and oxygen atoms in total. The Kier molecular flexibility index (Phi) is 5.79. The summed E-state index contributed by atoms with van der Waals surface area (Å²) in [4.78, 5) is 4.40. The van der Waals surface area contributed by atoms with E-state index in [-0.39, 0.29) is 6.04 Å². The van der Waals surface area contributed by atoms with Gasteiger partial charge in [-0.25, -0.2) is 0 Å². The highest BCUT2D eigenvalue weighted by Gasteiger charge is 1.97. The van der Waals surface area contributed by atoms with E-state index in [2.05, 4.69) is 36.2 Å². The highest BCUT2D eigenvalue weighted by Crippen LogP contribution is 2.11. The zero-order valence-corrected chi connectivity index (χ0v) is 10.3. The normalized spacial score (nSPS) is 13.2. The Morgan fingerprint density at radius 2 is 2.00 bits per heavy atom. The van der Waals surface area contributed by atoms with Gasteiger partial charge in [0.2, 0.25) is 0 Å². The van der Waals surface area contributed by atoms with Crippen molar-refractivity contribution < 1.29 is 0 Å². The molecule has 0 aliphatic rings. The lowest BCUT2D eigenvalue weighted by Gasteiger charge is -2.05. The molecule has 16 heavy (non-hydrogen) atoms. The highest BCUT2D eigenvalue weighted by atomic mass is 14.7. The van der Waals surface area contributed by atoms with E-state index < -0.39 is 0 Å². The standard InChI is InChI=1S/C14H22N2/c1-3-4-5-10-16-11-13-6-8-14(9-7-13)12(2)15/h6-10,12H,3-5,11,15H2,1-2H3. The van der Waals surface area contributed by atoms with E-state index in [1.807, 2.05) is 13.1 Å². The van der Waals surface area contributed by atoms with Crippen molar-refractivity contribution in [1.29, 1.82) is 0 Å². The van der Waals surface area contributed by atoms with Crippen LogP contribution < -0.4 is 5.73 Å². The smallest absolute Gasteiger partial charge is 0.0635 e. The Balaban J connectivity index is 2.40. The summed E-state index contributed by atoms with van der Waals surface area (Å²) in [6.07, 6.45) is 5.58. The van der Waals surface area contributed by atoms with Crippen LogP contribution in [0.3, 0.4) is 0 Å². The summed E-state index contributed by atoms with van der Waals surface area (Å²) in [5.41, 5.74) is 8.22. The highest BCUT2D eigenvalue weighted by molar-refractivity contribution is 5.57. The second kappa shape index (κ2) is 7.18. The third kappa shape index (κ3) is 4.58. The van der Waals surface area contributed by atoms with Crippen LogP contribution in [0.5, 0.6) is 0 Å². The van der Waals surface area contributed by atoms with Crippen molar-refractivity contribution in [3.05, 3.63) is 35.4 Å². The van der Waals surface area contributed by atoms with Crippen LogP contribution in [0.4, 0.5) is 0 Å². The first-order valence-electron chi connectivity index (χ1n) is 6.06. The SMILES string of the molecule is CCCCC=NCc1ccc(C(C)N)cc1. The lowest BCUT2D eigenvalue weighted by atomic mass is 10.1. The average molecular weight is 218 g/mol. The molecule has 1 unspecified atom stereocenters. The van der Waals surface area contributed by atoms with Gasteiger partial charge in [0.05, 0.1) is 6.54 Å². The maximum Gasteiger partial charge on any atom is 0.0635 e. The van der Waals surface area contributed by atoms with Gasteiger partial charge < -0.3 is 5.73 Å². The molecule has 1 aromatic carbocycles. The first-order chi connectivity index (χ1) is 7.74. The Morgan fingerprint density at radius 3 is 2.56 bits per heavy atom. The molecule has 0 heterocycles. The van der Waals surface area contributed by atoms with Gasteiger partial charge in [-0.05, 0) is 37.1 Å². The zero-order valence-electron chi connectivity index (χ0n) is 10.3. The van der Waals surface area contributed by atoms with Crippen molar-refractivity contribution in [1.82, 2.24) is 0 Å². The fourth-order valence-electron chi connectivity index (χ4n) is 1.48. The van der Waals surface area contributed by atoms with Crippen LogP contribution in [0.1, 0.15) is 50.3 Å². The molecule has 1 atom stereocenters. The lowest BCUT2D eigenvalue weighted by molar-refractivity contribution is 0.816. The zero-order chi connectivity index (χ0) is 11.8. The Labute approximate surface area is 98.6 Å². The fourth-order valence-corrected chi connectivity index (χ4v) is 1.48. The monoisotopic (exact) mass is 218 g/mol. The molecule has 0 bridgehead atoms. The van der Waals surface area contributed by atoms with Crippen LogP contribution in [0.15, 0.2) is 29.3 Å². The van der Waals surface area contributed by atoms with Gasteiger partial charge in [0.15, 0.2) is 0 Å². The molecule has 2 heteroatoms. The number of nitrogens with two attached hydrogens (primary N) is 1. The maximum absolute atomic E-state index is 5.79. The topological polar surface area (TPSA) is 38.4 Å². The van der Waals surface area contributed by atoms with Crippen molar-refractivity contribution in [2.45, 2.75) is 45.7 Å². The third-order valence-electron chi connectivity index (χ3n) is 2.60. The van der Waals surface area contributed by atoms with Gasteiger partial charge in [0, 0.05) is 6.04 Å². The lowest BCUT2D eigenvalue weighted by Crippen LogP contribution is -2.04. The van der Waals surface area contributed by atoms with E-state index >= 15 is 0 Å². The second-order valence-corrected chi connectivity index (χ2v) is 4.20. The van der Waals surface area contributed by atoms with Crippen molar-refractivity contribution in [2.75, 3.05) is 0 Å². The summed E-state index contributed by atoms with van der Waals surface area (Å²) < 4.78 is 0. The summed E-state index contributed by atoms with van der Waals surface area (Å²) in [5, 5.41) is 0. The van der Waals surface area contributed by atoms with Crippen LogP contribution in [0.25, 0.3) is 0 Å². The van der Waals surface area contributed by atoms with Gasteiger partial charge in [0.1, 0.15) is 0 Å². The van der Waals surface area contributed by atoms with E-state index in [1.54, 1.807) is 0 Å². The van der Waals surface area contributed by atoms with Gasteiger partial charge >= 0.3 is 0 Å². The van der Waals surface area contributed by atoms with E-state index in [0.29, 0.717) is 0 Å². The van der Waals surface area contributed by atoms with Crippen LogP contribution in [-0.4, -0.2) is 6.21 Å². The first kappa shape index (κ1) is 12.9. The molecule has 0 saturated heterocycles. The van der Waals surface area contributed by atoms with Crippen molar-refractivity contribution >= 4 is 6.21 Å². The van der Waals surface area contributed by atoms with Gasteiger partial charge in [0.25, 0.3) is 0 Å². The quantitative estimate of drug-likeness (QED) is 0.576. The number of nitrogens with zero attached hydrogens (tertiary/aromatic N) is 1. The summed E-state index contributed by atoms with van der Waals surface area (Å²) in [6, 6.07) is 8.50. The van der Waals surface area contributed by atoms with Crippen molar-refractivity contribution in [3.8, 4) is 0 Å². The molecule has 0 aliphatic heterocycles. The minimum atomic E-state index is 0.113. The number of hydrogen-bond acceptors (Lipinski definition) is 2. The Bertz CT molecular complexity index is 312. The molecule has 2 N–H and O–H groups in total. The maximum atomic E-state index is 5.79. The fraction of sp³-hybridized carbons (Fsp3) is 0.500. The van der Waals surface area contributed by atoms with Gasteiger partial charge in [-0.15, -0.1) is 0 Å². The van der Waals surface area contributed by atoms with Crippen LogP contribution >= 0.6 is 0 Å². The third-order valence-corrected chi connectivity index (χ3v) is 2.60. The molecule has 0 spiro atoms. The largest absolute Gasteiger partial charge is 0.324 e. The van der Waals surface area contributed by atoms with Crippen LogP contribution in [0, 0.1) is 0 Å². The summed E-state index contributed by atoms with van der Waals surface area (Å²) in [5.74, 6) is 0. The molecular weight excluding hydrogens is 196 g/mol. The van der Waals surface area contributed by atoms with Crippen molar-refractivity contribution in [2.24, 2.45) is 10.7 Å². The number of unbranched alkanes of at least 4 members (excludes halogenated alkanes) is 2. The number of aliphatic imine (C=N–C) groups is 1. The molecule has 1 rings (SSSR count). The van der Waals surface area contributed by atoms with E-state index in [0.717, 1.165) is 13.0 Å². The van der Waals surface area contributed by atoms with Gasteiger partial charge in [-0.2, -0.15) is 0 Å². The molecule has 0 amide bonds. The molecule has 0 aliphatic carbocycles. The second-order valence-electron chi connectivity index (χ2n) is 4.20. The molecule has 0 radical (unpaired) electrons. The minimum Gasteiger partial charge on any atom is -0.324 e. The number of hydrogen-bond donors (Lipinski definition) is 1. The van der Waals surface area contributed by atoms with Gasteiger partial charge in [-0.3, -0.25) is 4.99 Å². The first-order valence-corrected chi connectivity index (χ1v) is 6.06. The molecule has 0 saturated carbocycles. The summed E-state index contributed by atoms with van der Waals surface area (Å²) >= 11 is 0. The average Bonchev–Trinajstić information content (AvgIpc) is 2.29. The molecule has 88 valence electrons. The predicted octanol–water partition coefficient (Wildman–Crippen LogP) is 3.47. The number of benzene rings is 1. The van der Waals surface area contributed by atoms with E-state index in [9.17, 15) is 0 Å². The molecule has 0 fully saturated rings. The van der Waals surface area contributed by atoms with Crippen molar-refractivity contribution in [3.63, 3.8) is 0 Å². The van der Waals surface area contributed by atoms with Crippen LogP contribution in [0.2, 0.25) is 0 Å². The molecule has 0 aromatic heterocycles. The predicted molar refractivity (Wildman–Crippen MR) is 70.8 cm³/mol. The molecular formula is C14H22N2. The number of rotatable bonds is 6. The summed E-state index contributed by atoms with van der Waals surface area (Å²) in [6.45, 7) is 4.97. The van der Waals surface area contributed by atoms with E-state index in [1.165, 1.54) is 24.0 Å². The summed E-state index contributed by atoms with van der Waals surface area (Å²) in [7, 11) is 0.